The minimum absolute atomic E-state index is 0.845. The summed E-state index contributed by atoms with van der Waals surface area (Å²) in [5, 5.41) is 0. The monoisotopic (exact) mass is 179 g/mol. The first kappa shape index (κ1) is 8.28. The van der Waals surface area contributed by atoms with Crippen LogP contribution >= 0.6 is 0 Å². The van der Waals surface area contributed by atoms with Gasteiger partial charge in [-0.15, -0.1) is 0 Å². The van der Waals surface area contributed by atoms with Crippen LogP contribution in [0, 0.1) is 5.41 Å². The van der Waals surface area contributed by atoms with Crippen LogP contribution in [0.25, 0.3) is 0 Å². The van der Waals surface area contributed by atoms with Crippen molar-refractivity contribution in [1.29, 1.82) is 0 Å². The summed E-state index contributed by atoms with van der Waals surface area (Å²) in [6.45, 7) is 2.91. The number of nitrogens with zero attached hydrogens (tertiary/aromatic N) is 1. The first-order chi connectivity index (χ1) is 6.38. The molecule has 1 nitrogen and oxygen atoms in total. The maximum Gasteiger partial charge on any atom is 0.00957 e. The molecule has 1 heteroatoms. The van der Waals surface area contributed by atoms with E-state index in [9.17, 15) is 0 Å². The van der Waals surface area contributed by atoms with Gasteiger partial charge in [0.05, 0.1) is 0 Å². The van der Waals surface area contributed by atoms with Crippen molar-refractivity contribution >= 4 is 0 Å². The van der Waals surface area contributed by atoms with E-state index in [1.807, 2.05) is 0 Å². The van der Waals surface area contributed by atoms with Crippen molar-refractivity contribution in [2.75, 3.05) is 13.1 Å². The molecule has 0 amide bonds. The lowest BCUT2D eigenvalue weighted by Crippen LogP contribution is -2.62. The summed E-state index contributed by atoms with van der Waals surface area (Å²) >= 11 is 0. The molecule has 0 radical (unpaired) electrons. The van der Waals surface area contributed by atoms with E-state index < -0.39 is 0 Å². The third-order valence-corrected chi connectivity index (χ3v) is 4.58. The number of hydrogen-bond donors (Lipinski definition) is 0. The van der Waals surface area contributed by atoms with Crippen molar-refractivity contribution < 1.29 is 0 Å². The van der Waals surface area contributed by atoms with Crippen molar-refractivity contribution in [2.45, 2.75) is 57.4 Å². The zero-order valence-corrected chi connectivity index (χ0v) is 8.60. The van der Waals surface area contributed by atoms with Crippen molar-refractivity contribution in [3.8, 4) is 0 Å². The van der Waals surface area contributed by atoms with E-state index >= 15 is 0 Å². The Bertz CT molecular complexity index is 181. The molecule has 0 aromatic heterocycles. The molecule has 13 heavy (non-hydrogen) atoms. The Labute approximate surface area is 81.5 Å². The number of hydrogen-bond acceptors (Lipinski definition) is 1. The lowest BCUT2D eigenvalue weighted by Gasteiger charge is -2.59. The highest BCUT2D eigenvalue weighted by molar-refractivity contribution is 5.02. The summed E-state index contributed by atoms with van der Waals surface area (Å²) in [4.78, 5) is 2.78. The van der Waals surface area contributed by atoms with Gasteiger partial charge in [0.2, 0.25) is 0 Å². The second-order valence-electron chi connectivity index (χ2n) is 5.55. The standard InChI is InChI=1S/C12H21N/c1-2-5-11(6-3-1)13-9-12(10-13)7-4-8-12/h11H,1-10H2. The average Bonchev–Trinajstić information content (AvgIpc) is 2.01. The van der Waals surface area contributed by atoms with E-state index in [0.717, 1.165) is 11.5 Å². The summed E-state index contributed by atoms with van der Waals surface area (Å²) in [5.74, 6) is 0. The lowest BCUT2D eigenvalue weighted by molar-refractivity contribution is -0.0892. The summed E-state index contributed by atoms with van der Waals surface area (Å²) in [7, 11) is 0. The van der Waals surface area contributed by atoms with Gasteiger partial charge in [-0.05, 0) is 31.1 Å². The average molecular weight is 179 g/mol. The van der Waals surface area contributed by atoms with Gasteiger partial charge in [-0.2, -0.15) is 0 Å². The van der Waals surface area contributed by atoms with E-state index in [1.54, 1.807) is 0 Å². The third kappa shape index (κ3) is 1.32. The molecule has 0 aromatic rings. The van der Waals surface area contributed by atoms with Crippen LogP contribution in [0.4, 0.5) is 0 Å². The predicted octanol–water partition coefficient (Wildman–Crippen LogP) is 2.81. The minimum atomic E-state index is 0.845. The van der Waals surface area contributed by atoms with Gasteiger partial charge in [0.1, 0.15) is 0 Å². The molecule has 3 fully saturated rings. The molecule has 0 aromatic carbocycles. The molecular formula is C12H21N. The largest absolute Gasteiger partial charge is 0.299 e. The van der Waals surface area contributed by atoms with Crippen LogP contribution in [0.2, 0.25) is 0 Å². The SMILES string of the molecule is C1CCC(N2CC3(CCC3)C2)CC1. The molecule has 0 atom stereocenters. The van der Waals surface area contributed by atoms with Gasteiger partial charge in [0.25, 0.3) is 0 Å². The van der Waals surface area contributed by atoms with Crippen LogP contribution in [0.15, 0.2) is 0 Å². The molecule has 0 unspecified atom stereocenters. The zero-order chi connectivity index (χ0) is 8.73. The topological polar surface area (TPSA) is 3.24 Å². The number of rotatable bonds is 1. The fourth-order valence-corrected chi connectivity index (χ4v) is 3.51. The van der Waals surface area contributed by atoms with E-state index in [2.05, 4.69) is 4.90 Å². The molecule has 3 aliphatic rings. The molecule has 3 rings (SSSR count). The number of likely N-dealkylation sites (tertiary alicyclic amines) is 1. The van der Waals surface area contributed by atoms with Crippen LogP contribution in [0.3, 0.4) is 0 Å². The summed E-state index contributed by atoms with van der Waals surface area (Å²) < 4.78 is 0. The Balaban J connectivity index is 1.51. The Hall–Kier alpha value is -0.0400. The maximum absolute atomic E-state index is 2.78. The molecular weight excluding hydrogens is 158 g/mol. The van der Waals surface area contributed by atoms with E-state index in [0.29, 0.717) is 0 Å². The quantitative estimate of drug-likeness (QED) is 0.598. The molecule has 1 spiro atoms. The van der Waals surface area contributed by atoms with Crippen molar-refractivity contribution in [3.05, 3.63) is 0 Å². The smallest absolute Gasteiger partial charge is 0.00957 e. The van der Waals surface area contributed by atoms with Crippen LogP contribution in [-0.4, -0.2) is 24.0 Å². The summed E-state index contributed by atoms with van der Waals surface area (Å²) in [5.41, 5.74) is 0.845. The molecule has 1 saturated heterocycles. The molecule has 0 N–H and O–H groups in total. The normalized spacial score (nSPS) is 34.2. The fourth-order valence-electron chi connectivity index (χ4n) is 3.51. The van der Waals surface area contributed by atoms with Crippen LogP contribution in [0.1, 0.15) is 51.4 Å². The van der Waals surface area contributed by atoms with Crippen LogP contribution < -0.4 is 0 Å². The van der Waals surface area contributed by atoms with Gasteiger partial charge >= 0.3 is 0 Å². The molecule has 2 saturated carbocycles. The minimum Gasteiger partial charge on any atom is -0.299 e. The van der Waals surface area contributed by atoms with E-state index in [4.69, 9.17) is 0 Å². The Morgan fingerprint density at radius 3 is 2.08 bits per heavy atom. The van der Waals surface area contributed by atoms with Gasteiger partial charge in [0, 0.05) is 19.1 Å². The zero-order valence-electron chi connectivity index (χ0n) is 8.60. The van der Waals surface area contributed by atoms with Gasteiger partial charge < -0.3 is 0 Å². The molecule has 1 heterocycles. The molecule has 2 aliphatic carbocycles. The summed E-state index contributed by atoms with van der Waals surface area (Å²) in [6, 6.07) is 0.986. The molecule has 0 bridgehead atoms. The van der Waals surface area contributed by atoms with Crippen LogP contribution in [-0.2, 0) is 0 Å². The lowest BCUT2D eigenvalue weighted by atomic mass is 9.63. The predicted molar refractivity (Wildman–Crippen MR) is 54.7 cm³/mol. The van der Waals surface area contributed by atoms with E-state index in [-0.39, 0.29) is 0 Å². The Morgan fingerprint density at radius 1 is 0.846 bits per heavy atom. The Morgan fingerprint density at radius 2 is 1.54 bits per heavy atom. The van der Waals surface area contributed by atoms with E-state index in [1.165, 1.54) is 64.5 Å². The first-order valence-electron chi connectivity index (χ1n) is 6.12. The second-order valence-corrected chi connectivity index (χ2v) is 5.55. The molecule has 74 valence electrons. The van der Waals surface area contributed by atoms with Gasteiger partial charge in [-0.3, -0.25) is 4.90 Å². The maximum atomic E-state index is 2.78. The third-order valence-electron chi connectivity index (χ3n) is 4.58. The highest BCUT2D eigenvalue weighted by Gasteiger charge is 2.48. The Kier molecular flexibility index (Phi) is 1.90. The first-order valence-corrected chi connectivity index (χ1v) is 6.12. The van der Waals surface area contributed by atoms with Crippen molar-refractivity contribution in [1.82, 2.24) is 4.90 Å². The van der Waals surface area contributed by atoms with Crippen molar-refractivity contribution in [2.24, 2.45) is 5.41 Å². The second kappa shape index (κ2) is 2.98. The highest BCUT2D eigenvalue weighted by Crippen LogP contribution is 2.49. The summed E-state index contributed by atoms with van der Waals surface area (Å²) in [6.07, 6.45) is 12.1. The molecule has 1 aliphatic heterocycles. The van der Waals surface area contributed by atoms with Crippen LogP contribution in [0.5, 0.6) is 0 Å². The highest BCUT2D eigenvalue weighted by atomic mass is 15.2. The van der Waals surface area contributed by atoms with Gasteiger partial charge in [0.15, 0.2) is 0 Å². The van der Waals surface area contributed by atoms with Gasteiger partial charge in [-0.1, -0.05) is 25.7 Å². The van der Waals surface area contributed by atoms with Gasteiger partial charge in [-0.25, -0.2) is 0 Å². The van der Waals surface area contributed by atoms with Crippen molar-refractivity contribution in [3.63, 3.8) is 0 Å². The fraction of sp³-hybridized carbons (Fsp3) is 1.00.